The van der Waals surface area contributed by atoms with Crippen LogP contribution in [-0.4, -0.2) is 28.1 Å². The summed E-state index contributed by atoms with van der Waals surface area (Å²) in [5.41, 5.74) is 5.74. The van der Waals surface area contributed by atoms with E-state index in [-0.39, 0.29) is 11.7 Å². The van der Waals surface area contributed by atoms with Crippen molar-refractivity contribution in [3.63, 3.8) is 0 Å². The second kappa shape index (κ2) is 10.2. The van der Waals surface area contributed by atoms with Crippen LogP contribution in [0.2, 0.25) is 0 Å². The predicted octanol–water partition coefficient (Wildman–Crippen LogP) is 7.01. The fraction of sp³-hybridized carbons (Fsp3) is 0.531. The van der Waals surface area contributed by atoms with E-state index in [4.69, 9.17) is 9.47 Å². The molecule has 1 aromatic carbocycles. The molecule has 5 nitrogen and oxygen atoms in total. The van der Waals surface area contributed by atoms with E-state index in [1.165, 1.54) is 11.1 Å². The molecule has 1 heterocycles. The zero-order valence-corrected chi connectivity index (χ0v) is 23.4. The van der Waals surface area contributed by atoms with Crippen molar-refractivity contribution in [2.45, 2.75) is 98.9 Å². The molecule has 0 aromatic heterocycles. The third-order valence-electron chi connectivity index (χ3n) is 8.71. The maximum Gasteiger partial charge on any atom is 0.337 e. The fourth-order valence-corrected chi connectivity index (χ4v) is 6.20. The van der Waals surface area contributed by atoms with Crippen LogP contribution in [0.25, 0.3) is 0 Å². The SMILES string of the molecule is CC(C)=CCCC(C)=CCc1cc(O)cc(C)c1OC12CC3=CCCC(C)C3(C)C(O)C1=C(C)C(=O)O2. The number of ether oxygens (including phenoxy) is 2. The van der Waals surface area contributed by atoms with Crippen molar-refractivity contribution in [3.05, 3.63) is 69.4 Å². The van der Waals surface area contributed by atoms with E-state index >= 15 is 0 Å². The average molecular weight is 507 g/mol. The number of hydrogen-bond acceptors (Lipinski definition) is 5. The van der Waals surface area contributed by atoms with Crippen molar-refractivity contribution in [2.24, 2.45) is 11.3 Å². The van der Waals surface area contributed by atoms with Crippen molar-refractivity contribution >= 4 is 5.97 Å². The lowest BCUT2D eigenvalue weighted by Gasteiger charge is -2.52. The molecule has 5 heteroatoms. The Kier molecular flexibility index (Phi) is 7.49. The molecule has 1 aliphatic heterocycles. The smallest absolute Gasteiger partial charge is 0.337 e. The number of aliphatic hydroxyl groups excluding tert-OH is 1. The average Bonchev–Trinajstić information content (AvgIpc) is 3.06. The highest BCUT2D eigenvalue weighted by Gasteiger charge is 2.62. The van der Waals surface area contributed by atoms with E-state index in [0.717, 1.165) is 42.4 Å². The number of allylic oxidation sites excluding steroid dienone is 5. The van der Waals surface area contributed by atoms with Crippen molar-refractivity contribution in [1.29, 1.82) is 0 Å². The number of hydrogen-bond donors (Lipinski definition) is 2. The molecule has 0 spiro atoms. The summed E-state index contributed by atoms with van der Waals surface area (Å²) in [6, 6.07) is 3.39. The lowest BCUT2D eigenvalue weighted by Crippen LogP contribution is -2.56. The molecule has 0 bridgehead atoms. The lowest BCUT2D eigenvalue weighted by atomic mass is 9.56. The summed E-state index contributed by atoms with van der Waals surface area (Å²) in [5.74, 6) is -0.809. The third kappa shape index (κ3) is 4.90. The van der Waals surface area contributed by atoms with Gasteiger partial charge in [-0.3, -0.25) is 0 Å². The first-order chi connectivity index (χ1) is 17.4. The molecule has 1 fully saturated rings. The Morgan fingerprint density at radius 3 is 2.65 bits per heavy atom. The normalized spacial score (nSPS) is 29.4. The summed E-state index contributed by atoms with van der Waals surface area (Å²) >= 11 is 0. The standard InChI is InChI=1S/C32H42O5/c1-19(2)10-8-11-20(3)14-15-24-17-26(33)16-21(4)28(24)36-32-18-25-13-9-12-22(5)31(25,7)29(34)27(32)23(6)30(35)37-32/h10,13-14,16-17,22,29,33-34H,8-9,11-12,15,18H2,1-7H3. The number of fused-ring (bicyclic) bond motifs is 2. The highest BCUT2D eigenvalue weighted by Crippen LogP contribution is 2.58. The molecule has 37 heavy (non-hydrogen) atoms. The maximum absolute atomic E-state index is 12.9. The number of carbonyl (C=O) groups is 1. The molecule has 0 saturated heterocycles. The van der Waals surface area contributed by atoms with E-state index in [9.17, 15) is 15.0 Å². The molecule has 2 N–H and O–H groups in total. The number of aliphatic hydroxyl groups is 1. The summed E-state index contributed by atoms with van der Waals surface area (Å²) in [6.45, 7) is 14.2. The van der Waals surface area contributed by atoms with Crippen molar-refractivity contribution in [1.82, 2.24) is 0 Å². The largest absolute Gasteiger partial charge is 0.508 e. The van der Waals surface area contributed by atoms with Crippen LogP contribution in [0.15, 0.2) is 58.2 Å². The van der Waals surface area contributed by atoms with Gasteiger partial charge in [-0.05, 0) is 90.3 Å². The molecule has 4 rings (SSSR count). The molecule has 1 aromatic rings. The number of benzene rings is 1. The molecular weight excluding hydrogens is 464 g/mol. The second-order valence-corrected chi connectivity index (χ2v) is 11.7. The van der Waals surface area contributed by atoms with Crippen LogP contribution in [0.4, 0.5) is 0 Å². The van der Waals surface area contributed by atoms with Crippen LogP contribution >= 0.6 is 0 Å². The number of esters is 1. The molecule has 3 aliphatic rings. The van der Waals surface area contributed by atoms with Gasteiger partial charge in [-0.1, -0.05) is 48.8 Å². The van der Waals surface area contributed by atoms with Gasteiger partial charge in [0.2, 0.25) is 0 Å². The monoisotopic (exact) mass is 506 g/mol. The number of carbonyl (C=O) groups excluding carboxylic acids is 1. The summed E-state index contributed by atoms with van der Waals surface area (Å²) < 4.78 is 12.7. The van der Waals surface area contributed by atoms with E-state index in [2.05, 4.69) is 52.8 Å². The molecule has 4 unspecified atom stereocenters. The number of rotatable bonds is 7. The van der Waals surface area contributed by atoms with Crippen molar-refractivity contribution < 1.29 is 24.5 Å². The lowest BCUT2D eigenvalue weighted by molar-refractivity contribution is -0.184. The van der Waals surface area contributed by atoms with E-state index < -0.39 is 23.3 Å². The van der Waals surface area contributed by atoms with E-state index in [1.807, 2.05) is 6.92 Å². The summed E-state index contributed by atoms with van der Waals surface area (Å²) in [4.78, 5) is 12.9. The molecule has 200 valence electrons. The first-order valence-corrected chi connectivity index (χ1v) is 13.5. The van der Waals surface area contributed by atoms with Gasteiger partial charge >= 0.3 is 5.97 Å². The van der Waals surface area contributed by atoms with Gasteiger partial charge in [0.05, 0.1) is 18.1 Å². The van der Waals surface area contributed by atoms with Gasteiger partial charge in [0.15, 0.2) is 0 Å². The topological polar surface area (TPSA) is 76.0 Å². The fourth-order valence-electron chi connectivity index (χ4n) is 6.20. The molecule has 1 saturated carbocycles. The van der Waals surface area contributed by atoms with Crippen molar-refractivity contribution in [3.8, 4) is 11.5 Å². The first kappa shape index (κ1) is 27.3. The number of phenolic OH excluding ortho intramolecular Hbond substituents is 1. The quantitative estimate of drug-likeness (QED) is 0.307. The highest BCUT2D eigenvalue weighted by molar-refractivity contribution is 5.93. The maximum atomic E-state index is 12.9. The van der Waals surface area contributed by atoms with Crippen LogP contribution in [0, 0.1) is 18.3 Å². The predicted molar refractivity (Wildman–Crippen MR) is 146 cm³/mol. The Balaban J connectivity index is 1.72. The Morgan fingerprint density at radius 1 is 1.22 bits per heavy atom. The molecule has 0 amide bonds. The van der Waals surface area contributed by atoms with Gasteiger partial charge < -0.3 is 19.7 Å². The van der Waals surface area contributed by atoms with E-state index in [0.29, 0.717) is 29.7 Å². The number of aromatic hydroxyl groups is 1. The minimum absolute atomic E-state index is 0.170. The van der Waals surface area contributed by atoms with Crippen LogP contribution in [0.1, 0.15) is 84.8 Å². The van der Waals surface area contributed by atoms with E-state index in [1.54, 1.807) is 19.1 Å². The summed E-state index contributed by atoms with van der Waals surface area (Å²) in [7, 11) is 0. The zero-order valence-electron chi connectivity index (χ0n) is 23.4. The van der Waals surface area contributed by atoms with Gasteiger partial charge in [-0.15, -0.1) is 0 Å². The minimum atomic E-state index is -1.39. The van der Waals surface area contributed by atoms with Gasteiger partial charge in [0, 0.05) is 16.6 Å². The van der Waals surface area contributed by atoms with Gasteiger partial charge in [-0.25, -0.2) is 4.79 Å². The first-order valence-electron chi connectivity index (χ1n) is 13.5. The van der Waals surface area contributed by atoms with Crippen LogP contribution in [0.3, 0.4) is 0 Å². The Morgan fingerprint density at radius 2 is 1.95 bits per heavy atom. The molecule has 2 aliphatic carbocycles. The van der Waals surface area contributed by atoms with Crippen LogP contribution in [-0.2, 0) is 16.0 Å². The second-order valence-electron chi connectivity index (χ2n) is 11.7. The van der Waals surface area contributed by atoms with Gasteiger partial charge in [0.1, 0.15) is 11.5 Å². The Hall–Kier alpha value is -2.79. The zero-order chi connectivity index (χ0) is 27.1. The molecule has 4 atom stereocenters. The number of aryl methyl sites for hydroxylation is 1. The highest BCUT2D eigenvalue weighted by atomic mass is 16.7. The van der Waals surface area contributed by atoms with Crippen LogP contribution < -0.4 is 4.74 Å². The third-order valence-corrected chi connectivity index (χ3v) is 8.71. The minimum Gasteiger partial charge on any atom is -0.508 e. The van der Waals surface area contributed by atoms with Gasteiger partial charge in [-0.2, -0.15) is 0 Å². The summed E-state index contributed by atoms with van der Waals surface area (Å²) in [5, 5.41) is 22.1. The molecule has 0 radical (unpaired) electrons. The van der Waals surface area contributed by atoms with Crippen molar-refractivity contribution in [2.75, 3.05) is 0 Å². The Labute approximate surface area is 221 Å². The number of phenols is 1. The molecular formula is C32H42O5. The van der Waals surface area contributed by atoms with Crippen LogP contribution in [0.5, 0.6) is 11.5 Å². The van der Waals surface area contributed by atoms with Gasteiger partial charge in [0.25, 0.3) is 5.79 Å². The Bertz CT molecular complexity index is 1210. The summed E-state index contributed by atoms with van der Waals surface area (Å²) in [6.07, 6.45) is 10.5.